The highest BCUT2D eigenvalue weighted by molar-refractivity contribution is 5.77. The first-order chi connectivity index (χ1) is 12.9. The number of aliphatic hydroxyl groups is 2. The molecular weight excluding hydrogens is 383 g/mol. The second-order valence-corrected chi connectivity index (χ2v) is 7.32. The van der Waals surface area contributed by atoms with Gasteiger partial charge in [-0.2, -0.15) is 18.3 Å². The number of rotatable bonds is 4. The summed E-state index contributed by atoms with van der Waals surface area (Å²) >= 11 is 0. The van der Waals surface area contributed by atoms with Gasteiger partial charge in [0.15, 0.2) is 11.2 Å². The zero-order chi connectivity index (χ0) is 20.7. The second kappa shape index (κ2) is 6.85. The molecule has 0 saturated carbocycles. The number of nitrogens with one attached hydrogen (secondary N) is 1. The summed E-state index contributed by atoms with van der Waals surface area (Å²) in [4.78, 5) is 31.5. The molecule has 1 unspecified atom stereocenters. The van der Waals surface area contributed by atoms with Crippen molar-refractivity contribution in [1.82, 2.24) is 24.6 Å². The summed E-state index contributed by atoms with van der Waals surface area (Å²) in [5.41, 5.74) is -4.42. The monoisotopic (exact) mass is 403 g/mol. The largest absolute Gasteiger partial charge is 0.417 e. The molecule has 1 fully saturated rings. The smallest absolute Gasteiger partial charge is 0.388 e. The summed E-state index contributed by atoms with van der Waals surface area (Å²) < 4.78 is 39.6. The molecule has 0 radical (unpaired) electrons. The van der Waals surface area contributed by atoms with Crippen molar-refractivity contribution >= 4 is 16.9 Å². The van der Waals surface area contributed by atoms with Crippen LogP contribution in [0.25, 0.3) is 11.0 Å². The molecule has 0 aliphatic carbocycles. The molecule has 1 saturated heterocycles. The summed E-state index contributed by atoms with van der Waals surface area (Å²) in [5.74, 6) is -0.831. The molecule has 154 valence electrons. The van der Waals surface area contributed by atoms with Crippen LogP contribution in [0.4, 0.5) is 13.2 Å². The normalized spacial score (nSPS) is 19.6. The van der Waals surface area contributed by atoms with E-state index >= 15 is 0 Å². The number of hydrogen-bond donors (Lipinski definition) is 3. The Balaban J connectivity index is 1.64. The number of aromatic nitrogens is 4. The van der Waals surface area contributed by atoms with Gasteiger partial charge >= 0.3 is 6.18 Å². The molecule has 9 nitrogen and oxygen atoms in total. The van der Waals surface area contributed by atoms with Gasteiger partial charge in [-0.25, -0.2) is 9.67 Å². The summed E-state index contributed by atoms with van der Waals surface area (Å²) in [6, 6.07) is 0. The van der Waals surface area contributed by atoms with Gasteiger partial charge in [0, 0.05) is 13.1 Å². The van der Waals surface area contributed by atoms with E-state index in [1.165, 1.54) is 22.1 Å². The first-order valence-electron chi connectivity index (χ1n) is 8.60. The molecule has 1 atom stereocenters. The fraction of sp³-hybridized carbons (Fsp3) is 0.625. The number of likely N-dealkylation sites (tertiary alicyclic amines) is 1. The third-order valence-corrected chi connectivity index (χ3v) is 5.04. The van der Waals surface area contributed by atoms with Gasteiger partial charge in [-0.05, 0) is 19.8 Å². The first kappa shape index (κ1) is 20.3. The molecule has 3 N–H and O–H groups in total. The van der Waals surface area contributed by atoms with Crippen molar-refractivity contribution in [3.05, 3.63) is 22.9 Å². The highest BCUT2D eigenvalue weighted by Crippen LogP contribution is 2.34. The topological polar surface area (TPSA) is 124 Å². The van der Waals surface area contributed by atoms with Crippen LogP contribution >= 0.6 is 0 Å². The molecular formula is C16H20F3N5O4. The standard InChI is InChI=1S/C16H20F3N5O4/c1-14(27,16(17,18)19)6-11(25)23-4-2-15(28,3-5-23)8-24-12-10(7-22-24)13(26)21-9-20-12/h7,9,27-28H,2-6,8H2,1H3,(H,20,21,26). The predicted octanol–water partition coefficient (Wildman–Crippen LogP) is 0.176. The van der Waals surface area contributed by atoms with E-state index < -0.39 is 29.7 Å². The molecule has 3 rings (SSSR count). The van der Waals surface area contributed by atoms with E-state index in [0.717, 1.165) is 0 Å². The van der Waals surface area contributed by atoms with E-state index in [9.17, 15) is 33.0 Å². The minimum absolute atomic E-state index is 0.0231. The van der Waals surface area contributed by atoms with E-state index in [1.54, 1.807) is 0 Å². The number of amides is 1. The van der Waals surface area contributed by atoms with Crippen LogP contribution in [-0.4, -0.2) is 71.2 Å². The van der Waals surface area contributed by atoms with Crippen molar-refractivity contribution in [2.75, 3.05) is 13.1 Å². The SMILES string of the molecule is CC(O)(CC(=O)N1CCC(O)(Cn2ncc3c(=O)[nH]cnc32)CC1)C(F)(F)F. The van der Waals surface area contributed by atoms with Gasteiger partial charge < -0.3 is 20.1 Å². The summed E-state index contributed by atoms with van der Waals surface area (Å²) in [6.07, 6.45) is -3.21. The highest BCUT2D eigenvalue weighted by atomic mass is 19.4. The van der Waals surface area contributed by atoms with Crippen LogP contribution < -0.4 is 5.56 Å². The average molecular weight is 403 g/mol. The summed E-state index contributed by atoms with van der Waals surface area (Å²) in [7, 11) is 0. The number of hydrogen-bond acceptors (Lipinski definition) is 6. The van der Waals surface area contributed by atoms with Crippen LogP contribution in [-0.2, 0) is 11.3 Å². The average Bonchev–Trinajstić information content (AvgIpc) is 2.98. The Bertz CT molecular complexity index is 928. The molecule has 3 heterocycles. The number of fused-ring (bicyclic) bond motifs is 1. The third kappa shape index (κ3) is 3.87. The van der Waals surface area contributed by atoms with Crippen molar-refractivity contribution < 1.29 is 28.2 Å². The summed E-state index contributed by atoms with van der Waals surface area (Å²) in [5, 5.41) is 24.6. The van der Waals surface area contributed by atoms with Crippen molar-refractivity contribution in [1.29, 1.82) is 0 Å². The Kier molecular flexibility index (Phi) is 4.96. The third-order valence-electron chi connectivity index (χ3n) is 5.04. The Hall–Kier alpha value is -2.47. The number of nitrogens with zero attached hydrogens (tertiary/aromatic N) is 4. The van der Waals surface area contributed by atoms with Crippen LogP contribution in [0.5, 0.6) is 0 Å². The highest BCUT2D eigenvalue weighted by Gasteiger charge is 2.51. The second-order valence-electron chi connectivity index (χ2n) is 7.32. The van der Waals surface area contributed by atoms with Gasteiger partial charge in [0.1, 0.15) is 5.39 Å². The van der Waals surface area contributed by atoms with Gasteiger partial charge in [0.05, 0.1) is 31.1 Å². The molecule has 0 bridgehead atoms. The number of carbonyl (C=O) groups is 1. The number of H-pyrrole nitrogens is 1. The Morgan fingerprint density at radius 1 is 1.36 bits per heavy atom. The first-order valence-corrected chi connectivity index (χ1v) is 8.60. The number of alkyl halides is 3. The molecule has 0 spiro atoms. The zero-order valence-corrected chi connectivity index (χ0v) is 15.0. The van der Waals surface area contributed by atoms with E-state index in [0.29, 0.717) is 12.6 Å². The molecule has 1 aliphatic heterocycles. The molecule has 0 aromatic carbocycles. The molecule has 1 amide bonds. The van der Waals surface area contributed by atoms with Gasteiger partial charge in [-0.1, -0.05) is 0 Å². The van der Waals surface area contributed by atoms with Gasteiger partial charge in [-0.3, -0.25) is 9.59 Å². The predicted molar refractivity (Wildman–Crippen MR) is 90.2 cm³/mol. The summed E-state index contributed by atoms with van der Waals surface area (Å²) in [6.45, 7) is 0.658. The minimum Gasteiger partial charge on any atom is -0.388 e. The van der Waals surface area contributed by atoms with Crippen molar-refractivity contribution in [2.45, 2.75) is 50.1 Å². The van der Waals surface area contributed by atoms with Crippen LogP contribution in [0.15, 0.2) is 17.3 Å². The maximum Gasteiger partial charge on any atom is 0.417 e. The number of carbonyl (C=O) groups excluding carboxylic acids is 1. The lowest BCUT2D eigenvalue weighted by molar-refractivity contribution is -0.254. The van der Waals surface area contributed by atoms with Crippen LogP contribution in [0.1, 0.15) is 26.2 Å². The quantitative estimate of drug-likeness (QED) is 0.669. The lowest BCUT2D eigenvalue weighted by Crippen LogP contribution is -2.52. The molecule has 1 aliphatic rings. The molecule has 12 heteroatoms. The maximum atomic E-state index is 12.8. The van der Waals surface area contributed by atoms with E-state index in [-0.39, 0.29) is 43.4 Å². The fourth-order valence-electron chi connectivity index (χ4n) is 3.14. The van der Waals surface area contributed by atoms with E-state index in [1.807, 2.05) is 0 Å². The van der Waals surface area contributed by atoms with Gasteiger partial charge in [-0.15, -0.1) is 0 Å². The lowest BCUT2D eigenvalue weighted by Gasteiger charge is -2.39. The Morgan fingerprint density at radius 2 is 2.00 bits per heavy atom. The molecule has 2 aromatic heterocycles. The van der Waals surface area contributed by atoms with Crippen LogP contribution in [0, 0.1) is 0 Å². The Morgan fingerprint density at radius 3 is 2.61 bits per heavy atom. The zero-order valence-electron chi connectivity index (χ0n) is 15.0. The van der Waals surface area contributed by atoms with Crippen molar-refractivity contribution in [2.24, 2.45) is 0 Å². The van der Waals surface area contributed by atoms with E-state index in [4.69, 9.17) is 0 Å². The van der Waals surface area contributed by atoms with Gasteiger partial charge in [0.2, 0.25) is 5.91 Å². The van der Waals surface area contributed by atoms with Crippen molar-refractivity contribution in [3.8, 4) is 0 Å². The number of aromatic amines is 1. The van der Waals surface area contributed by atoms with Crippen molar-refractivity contribution in [3.63, 3.8) is 0 Å². The number of halogens is 3. The molecule has 2 aromatic rings. The lowest BCUT2D eigenvalue weighted by atomic mass is 9.90. The van der Waals surface area contributed by atoms with Crippen LogP contribution in [0.3, 0.4) is 0 Å². The maximum absolute atomic E-state index is 12.8. The Labute approximate surface area is 156 Å². The fourth-order valence-corrected chi connectivity index (χ4v) is 3.14. The number of piperidine rings is 1. The van der Waals surface area contributed by atoms with Crippen LogP contribution in [0.2, 0.25) is 0 Å². The minimum atomic E-state index is -4.91. The van der Waals surface area contributed by atoms with Gasteiger partial charge in [0.25, 0.3) is 5.56 Å². The molecule has 28 heavy (non-hydrogen) atoms. The van der Waals surface area contributed by atoms with E-state index in [2.05, 4.69) is 15.1 Å².